The molecule has 0 unspecified atom stereocenters. The lowest BCUT2D eigenvalue weighted by Gasteiger charge is -2.28. The summed E-state index contributed by atoms with van der Waals surface area (Å²) in [6.45, 7) is 6.95. The molecule has 0 atom stereocenters. The van der Waals surface area contributed by atoms with Gasteiger partial charge >= 0.3 is 0 Å². The molecule has 0 heteroatoms. The van der Waals surface area contributed by atoms with Gasteiger partial charge in [0, 0.05) is 0 Å². The van der Waals surface area contributed by atoms with Crippen molar-refractivity contribution in [1.29, 1.82) is 0 Å². The summed E-state index contributed by atoms with van der Waals surface area (Å²) < 4.78 is 0. The largest absolute Gasteiger partial charge is 0.0654 e. The standard InChI is InChI=1S/C33H58/c1-4-6-8-10-12-14-16-18-30-20-22-31(23-21-30)24-25-32-26-27-33(29(3)28-32)19-17-15-13-11-9-7-5-2/h26-28,30-31H,4-25H2,1-3H3. The highest BCUT2D eigenvalue weighted by Crippen LogP contribution is 2.34. The van der Waals surface area contributed by atoms with Crippen LogP contribution in [-0.4, -0.2) is 0 Å². The summed E-state index contributed by atoms with van der Waals surface area (Å²) in [5, 5.41) is 0. The Hall–Kier alpha value is -0.780. The second-order valence-corrected chi connectivity index (χ2v) is 11.5. The molecule has 0 spiro atoms. The van der Waals surface area contributed by atoms with Gasteiger partial charge in [0.15, 0.2) is 0 Å². The van der Waals surface area contributed by atoms with Crippen LogP contribution in [0.2, 0.25) is 0 Å². The second-order valence-electron chi connectivity index (χ2n) is 11.5. The monoisotopic (exact) mass is 454 g/mol. The van der Waals surface area contributed by atoms with Crippen LogP contribution in [0.4, 0.5) is 0 Å². The van der Waals surface area contributed by atoms with Crippen LogP contribution in [0.15, 0.2) is 18.2 Å². The Morgan fingerprint density at radius 2 is 1.09 bits per heavy atom. The molecule has 0 radical (unpaired) electrons. The highest BCUT2D eigenvalue weighted by atomic mass is 14.3. The van der Waals surface area contributed by atoms with Crippen molar-refractivity contribution in [3.05, 3.63) is 34.9 Å². The number of benzene rings is 1. The smallest absolute Gasteiger partial charge is 0.0276 e. The van der Waals surface area contributed by atoms with E-state index < -0.39 is 0 Å². The zero-order valence-electron chi connectivity index (χ0n) is 22.9. The summed E-state index contributed by atoms with van der Waals surface area (Å²) in [5.74, 6) is 2.04. The van der Waals surface area contributed by atoms with Gasteiger partial charge in [-0.05, 0) is 61.1 Å². The van der Waals surface area contributed by atoms with Crippen molar-refractivity contribution in [2.75, 3.05) is 0 Å². The molecule has 1 aliphatic rings. The van der Waals surface area contributed by atoms with E-state index in [1.807, 2.05) is 0 Å². The molecule has 0 heterocycles. The van der Waals surface area contributed by atoms with E-state index in [4.69, 9.17) is 0 Å². The number of hydrogen-bond donors (Lipinski definition) is 0. The van der Waals surface area contributed by atoms with Crippen molar-refractivity contribution in [1.82, 2.24) is 0 Å². The normalized spacial score (nSPS) is 18.6. The summed E-state index contributed by atoms with van der Waals surface area (Å²) >= 11 is 0. The Morgan fingerprint density at radius 1 is 0.576 bits per heavy atom. The Bertz CT molecular complexity index is 578. The minimum absolute atomic E-state index is 0.989. The highest BCUT2D eigenvalue weighted by Gasteiger charge is 2.20. The molecule has 0 nitrogen and oxygen atoms in total. The van der Waals surface area contributed by atoms with Gasteiger partial charge in [-0.2, -0.15) is 0 Å². The van der Waals surface area contributed by atoms with Crippen LogP contribution in [-0.2, 0) is 12.8 Å². The maximum absolute atomic E-state index is 2.50. The van der Waals surface area contributed by atoms with E-state index in [9.17, 15) is 0 Å². The van der Waals surface area contributed by atoms with Crippen LogP contribution >= 0.6 is 0 Å². The zero-order valence-corrected chi connectivity index (χ0v) is 22.9. The predicted molar refractivity (Wildman–Crippen MR) is 149 cm³/mol. The van der Waals surface area contributed by atoms with E-state index in [1.54, 1.807) is 11.1 Å². The van der Waals surface area contributed by atoms with Gasteiger partial charge in [0.25, 0.3) is 0 Å². The molecule has 1 saturated carbocycles. The van der Waals surface area contributed by atoms with Crippen LogP contribution < -0.4 is 0 Å². The first-order chi connectivity index (χ1) is 16.2. The third-order valence-electron chi connectivity index (χ3n) is 8.48. The minimum Gasteiger partial charge on any atom is -0.0654 e. The van der Waals surface area contributed by atoms with Crippen LogP contribution in [0.25, 0.3) is 0 Å². The lowest BCUT2D eigenvalue weighted by Crippen LogP contribution is -2.15. The van der Waals surface area contributed by atoms with Crippen LogP contribution in [0.1, 0.15) is 159 Å². The van der Waals surface area contributed by atoms with Crippen molar-refractivity contribution >= 4 is 0 Å². The Morgan fingerprint density at radius 3 is 1.67 bits per heavy atom. The first-order valence-corrected chi connectivity index (χ1v) is 15.3. The molecule has 0 bridgehead atoms. The van der Waals surface area contributed by atoms with Gasteiger partial charge < -0.3 is 0 Å². The molecule has 1 aliphatic carbocycles. The van der Waals surface area contributed by atoms with Gasteiger partial charge in [-0.25, -0.2) is 0 Å². The molecular formula is C33H58. The second kappa shape index (κ2) is 18.5. The van der Waals surface area contributed by atoms with Crippen LogP contribution in [0.3, 0.4) is 0 Å². The Kier molecular flexibility index (Phi) is 16.0. The van der Waals surface area contributed by atoms with E-state index in [1.165, 1.54) is 147 Å². The Balaban J connectivity index is 1.54. The summed E-state index contributed by atoms with van der Waals surface area (Å²) in [6.07, 6.45) is 31.6. The highest BCUT2D eigenvalue weighted by molar-refractivity contribution is 5.31. The maximum atomic E-state index is 2.50. The van der Waals surface area contributed by atoms with Crippen molar-refractivity contribution in [3.8, 4) is 0 Å². The average molecular weight is 455 g/mol. The molecule has 190 valence electrons. The van der Waals surface area contributed by atoms with Crippen LogP contribution in [0.5, 0.6) is 0 Å². The quantitative estimate of drug-likeness (QED) is 0.182. The first-order valence-electron chi connectivity index (χ1n) is 15.3. The van der Waals surface area contributed by atoms with Crippen molar-refractivity contribution in [2.45, 2.75) is 162 Å². The minimum atomic E-state index is 0.989. The zero-order chi connectivity index (χ0) is 23.6. The van der Waals surface area contributed by atoms with Gasteiger partial charge in [0.1, 0.15) is 0 Å². The lowest BCUT2D eigenvalue weighted by molar-refractivity contribution is 0.248. The molecular weight excluding hydrogens is 396 g/mol. The topological polar surface area (TPSA) is 0 Å². The molecule has 0 amide bonds. The number of aryl methyl sites for hydroxylation is 3. The van der Waals surface area contributed by atoms with Gasteiger partial charge in [-0.3, -0.25) is 0 Å². The molecule has 1 aromatic carbocycles. The fourth-order valence-corrected chi connectivity index (χ4v) is 6.04. The van der Waals surface area contributed by atoms with Crippen LogP contribution in [0, 0.1) is 18.8 Å². The molecule has 2 rings (SSSR count). The SMILES string of the molecule is CCCCCCCCCc1ccc(CCC2CCC(CCCCCCCCC)CC2)cc1C. The number of hydrogen-bond acceptors (Lipinski definition) is 0. The van der Waals surface area contributed by atoms with Gasteiger partial charge in [0.05, 0.1) is 0 Å². The van der Waals surface area contributed by atoms with Crippen molar-refractivity contribution in [3.63, 3.8) is 0 Å². The number of rotatable bonds is 19. The fourth-order valence-electron chi connectivity index (χ4n) is 6.04. The molecule has 0 aliphatic heterocycles. The lowest BCUT2D eigenvalue weighted by atomic mass is 9.77. The molecule has 1 aromatic rings. The first kappa shape index (κ1) is 28.5. The summed E-state index contributed by atoms with van der Waals surface area (Å²) in [6, 6.07) is 7.39. The molecule has 33 heavy (non-hydrogen) atoms. The van der Waals surface area contributed by atoms with Gasteiger partial charge in [-0.15, -0.1) is 0 Å². The number of unbranched alkanes of at least 4 members (excludes halogenated alkanes) is 12. The molecule has 1 fully saturated rings. The summed E-state index contributed by atoms with van der Waals surface area (Å²) in [4.78, 5) is 0. The van der Waals surface area contributed by atoms with Crippen molar-refractivity contribution in [2.24, 2.45) is 11.8 Å². The molecule has 0 aromatic heterocycles. The fraction of sp³-hybridized carbons (Fsp3) is 0.818. The maximum Gasteiger partial charge on any atom is -0.0276 e. The van der Waals surface area contributed by atoms with E-state index in [0.717, 1.165) is 11.8 Å². The third kappa shape index (κ3) is 13.0. The van der Waals surface area contributed by atoms with E-state index in [0.29, 0.717) is 0 Å². The molecule has 0 N–H and O–H groups in total. The Labute approximate surface area is 208 Å². The summed E-state index contributed by atoms with van der Waals surface area (Å²) in [7, 11) is 0. The van der Waals surface area contributed by atoms with E-state index in [-0.39, 0.29) is 0 Å². The van der Waals surface area contributed by atoms with E-state index >= 15 is 0 Å². The van der Waals surface area contributed by atoms with E-state index in [2.05, 4.69) is 39.0 Å². The van der Waals surface area contributed by atoms with Crippen molar-refractivity contribution < 1.29 is 0 Å². The molecule has 0 saturated heterocycles. The van der Waals surface area contributed by atoms with Gasteiger partial charge in [0.2, 0.25) is 0 Å². The predicted octanol–water partition coefficient (Wildman–Crippen LogP) is 11.2. The average Bonchev–Trinajstić information content (AvgIpc) is 2.83. The third-order valence-corrected chi connectivity index (χ3v) is 8.48. The summed E-state index contributed by atoms with van der Waals surface area (Å²) in [5.41, 5.74) is 4.72. The van der Waals surface area contributed by atoms with Gasteiger partial charge in [-0.1, -0.05) is 148 Å².